The summed E-state index contributed by atoms with van der Waals surface area (Å²) >= 11 is 0. The number of nitrogen functional groups attached to an aromatic ring is 2. The summed E-state index contributed by atoms with van der Waals surface area (Å²) < 4.78 is 0. The lowest BCUT2D eigenvalue weighted by atomic mass is 9.67. The second-order valence-corrected chi connectivity index (χ2v) is 8.96. The second-order valence-electron chi connectivity index (χ2n) is 8.96. The molecule has 154 valence electrons. The SMILES string of the molecule is Cc1ccc(C2(c3ccc(C)c(C)c3)c3cc(N)ccc3-c3ccc(N)cc32)cc1C. The third-order valence-corrected chi connectivity index (χ3v) is 7.07. The van der Waals surface area contributed by atoms with Gasteiger partial charge in [-0.25, -0.2) is 0 Å². The monoisotopic (exact) mass is 404 g/mol. The van der Waals surface area contributed by atoms with E-state index in [4.69, 9.17) is 11.5 Å². The Hall–Kier alpha value is -3.52. The molecule has 2 heteroatoms. The first-order valence-electron chi connectivity index (χ1n) is 10.8. The molecule has 0 radical (unpaired) electrons. The number of nitrogens with two attached hydrogens (primary N) is 2. The van der Waals surface area contributed by atoms with Gasteiger partial charge in [0.05, 0.1) is 5.41 Å². The average molecular weight is 405 g/mol. The summed E-state index contributed by atoms with van der Waals surface area (Å²) in [6.07, 6.45) is 0. The van der Waals surface area contributed by atoms with Crippen LogP contribution >= 0.6 is 0 Å². The van der Waals surface area contributed by atoms with E-state index in [9.17, 15) is 0 Å². The molecule has 0 unspecified atom stereocenters. The van der Waals surface area contributed by atoms with E-state index in [0.717, 1.165) is 11.4 Å². The lowest BCUT2D eigenvalue weighted by molar-refractivity contribution is 0.765. The van der Waals surface area contributed by atoms with Crippen LogP contribution in [-0.4, -0.2) is 0 Å². The van der Waals surface area contributed by atoms with E-state index < -0.39 is 5.41 Å². The van der Waals surface area contributed by atoms with Gasteiger partial charge in [-0.15, -0.1) is 0 Å². The van der Waals surface area contributed by atoms with Crippen molar-refractivity contribution < 1.29 is 0 Å². The Balaban J connectivity index is 2.00. The molecular formula is C29H28N2. The number of anilines is 2. The molecular weight excluding hydrogens is 376 g/mol. The Bertz CT molecular complexity index is 1240. The van der Waals surface area contributed by atoms with Crippen molar-refractivity contribution in [3.05, 3.63) is 117 Å². The summed E-state index contributed by atoms with van der Waals surface area (Å²) in [6, 6.07) is 26.2. The molecule has 0 spiro atoms. The van der Waals surface area contributed by atoms with Crippen molar-refractivity contribution in [1.82, 2.24) is 0 Å². The lowest BCUT2D eigenvalue weighted by Gasteiger charge is -2.35. The van der Waals surface area contributed by atoms with Crippen molar-refractivity contribution in [3.8, 4) is 11.1 Å². The van der Waals surface area contributed by atoms with E-state index in [-0.39, 0.29) is 0 Å². The molecule has 1 aliphatic rings. The van der Waals surface area contributed by atoms with E-state index in [1.54, 1.807) is 0 Å². The Morgan fingerprint density at radius 1 is 0.484 bits per heavy atom. The summed E-state index contributed by atoms with van der Waals surface area (Å²) in [4.78, 5) is 0. The average Bonchev–Trinajstić information content (AvgIpc) is 3.01. The maximum atomic E-state index is 6.36. The van der Waals surface area contributed by atoms with Gasteiger partial charge in [0, 0.05) is 11.4 Å². The molecule has 5 rings (SSSR count). The van der Waals surface area contributed by atoms with Crippen LogP contribution in [0.15, 0.2) is 72.8 Å². The quantitative estimate of drug-likeness (QED) is 0.332. The first-order valence-corrected chi connectivity index (χ1v) is 10.8. The molecule has 4 N–H and O–H groups in total. The summed E-state index contributed by atoms with van der Waals surface area (Å²) in [5, 5.41) is 0. The molecule has 0 heterocycles. The third kappa shape index (κ3) is 2.71. The van der Waals surface area contributed by atoms with Gasteiger partial charge in [-0.3, -0.25) is 0 Å². The van der Waals surface area contributed by atoms with Crippen molar-refractivity contribution in [1.29, 1.82) is 0 Å². The predicted molar refractivity (Wildman–Crippen MR) is 132 cm³/mol. The van der Waals surface area contributed by atoms with Crippen molar-refractivity contribution in [2.75, 3.05) is 11.5 Å². The number of fused-ring (bicyclic) bond motifs is 3. The fourth-order valence-corrected chi connectivity index (χ4v) is 5.10. The number of aryl methyl sites for hydroxylation is 4. The van der Waals surface area contributed by atoms with E-state index in [1.165, 1.54) is 55.6 Å². The normalized spacial score (nSPS) is 13.7. The molecule has 4 aromatic carbocycles. The second kappa shape index (κ2) is 6.75. The minimum absolute atomic E-state index is 0.466. The van der Waals surface area contributed by atoms with Gasteiger partial charge >= 0.3 is 0 Å². The molecule has 0 atom stereocenters. The molecule has 0 saturated heterocycles. The Morgan fingerprint density at radius 2 is 0.903 bits per heavy atom. The van der Waals surface area contributed by atoms with Gasteiger partial charge in [0.15, 0.2) is 0 Å². The number of hydrogen-bond donors (Lipinski definition) is 2. The van der Waals surface area contributed by atoms with Crippen LogP contribution in [0.25, 0.3) is 11.1 Å². The van der Waals surface area contributed by atoms with Crippen molar-refractivity contribution in [2.45, 2.75) is 33.1 Å². The first kappa shape index (κ1) is 19.4. The molecule has 0 amide bonds. The maximum absolute atomic E-state index is 6.36. The van der Waals surface area contributed by atoms with Crippen molar-refractivity contribution in [2.24, 2.45) is 0 Å². The number of hydrogen-bond acceptors (Lipinski definition) is 2. The van der Waals surface area contributed by atoms with Crippen LogP contribution < -0.4 is 11.5 Å². The highest BCUT2D eigenvalue weighted by atomic mass is 14.6. The van der Waals surface area contributed by atoms with Gasteiger partial charge in [-0.1, -0.05) is 48.5 Å². The van der Waals surface area contributed by atoms with E-state index >= 15 is 0 Å². The van der Waals surface area contributed by atoms with Crippen LogP contribution in [0.1, 0.15) is 44.5 Å². The van der Waals surface area contributed by atoms with Crippen LogP contribution in [0.5, 0.6) is 0 Å². The Kier molecular flexibility index (Phi) is 4.23. The molecule has 2 nitrogen and oxygen atoms in total. The third-order valence-electron chi connectivity index (χ3n) is 7.07. The smallest absolute Gasteiger partial charge is 0.0715 e. The Labute approximate surface area is 184 Å². The van der Waals surface area contributed by atoms with Gasteiger partial charge < -0.3 is 11.5 Å². The van der Waals surface area contributed by atoms with Crippen molar-refractivity contribution >= 4 is 11.4 Å². The lowest BCUT2D eigenvalue weighted by Crippen LogP contribution is -2.29. The zero-order chi connectivity index (χ0) is 21.9. The topological polar surface area (TPSA) is 52.0 Å². The predicted octanol–water partition coefficient (Wildman–Crippen LogP) is 6.45. The Morgan fingerprint density at radius 3 is 1.29 bits per heavy atom. The highest BCUT2D eigenvalue weighted by molar-refractivity contribution is 5.88. The van der Waals surface area contributed by atoms with Gasteiger partial charge in [0.25, 0.3) is 0 Å². The van der Waals surface area contributed by atoms with Gasteiger partial charge in [0.1, 0.15) is 0 Å². The van der Waals surface area contributed by atoms with Crippen molar-refractivity contribution in [3.63, 3.8) is 0 Å². The minimum atomic E-state index is -0.466. The highest BCUT2D eigenvalue weighted by Crippen LogP contribution is 2.57. The standard InChI is InChI=1S/C29H28N2/c1-17-5-7-21(13-19(17)3)29(22-8-6-18(2)20(4)14-22)27-15-23(30)9-11-25(27)26-12-10-24(31)16-28(26)29/h5-16H,30-31H2,1-4H3. The fourth-order valence-electron chi connectivity index (χ4n) is 5.10. The van der Waals surface area contributed by atoms with Crippen LogP contribution in [0.2, 0.25) is 0 Å². The molecule has 0 aromatic heterocycles. The summed E-state index contributed by atoms with van der Waals surface area (Å²) in [7, 11) is 0. The molecule has 31 heavy (non-hydrogen) atoms. The van der Waals surface area contributed by atoms with Gasteiger partial charge in [-0.05, 0) is 108 Å². The van der Waals surface area contributed by atoms with Crippen LogP contribution in [0.4, 0.5) is 11.4 Å². The molecule has 1 aliphatic carbocycles. The maximum Gasteiger partial charge on any atom is 0.0715 e. The minimum Gasteiger partial charge on any atom is -0.399 e. The van der Waals surface area contributed by atoms with Gasteiger partial charge in [0.2, 0.25) is 0 Å². The molecule has 0 saturated carbocycles. The molecule has 0 fully saturated rings. The summed E-state index contributed by atoms with van der Waals surface area (Å²) in [6.45, 7) is 8.69. The first-order chi connectivity index (χ1) is 14.8. The number of rotatable bonds is 2. The van der Waals surface area contributed by atoms with Crippen LogP contribution in [0, 0.1) is 27.7 Å². The molecule has 0 bridgehead atoms. The van der Waals surface area contributed by atoms with E-state index in [0.29, 0.717) is 0 Å². The largest absolute Gasteiger partial charge is 0.399 e. The highest BCUT2D eigenvalue weighted by Gasteiger charge is 2.46. The number of benzene rings is 4. The molecule has 4 aromatic rings. The van der Waals surface area contributed by atoms with Gasteiger partial charge in [-0.2, -0.15) is 0 Å². The zero-order valence-electron chi connectivity index (χ0n) is 18.6. The fraction of sp³-hybridized carbons (Fsp3) is 0.172. The van der Waals surface area contributed by atoms with E-state index in [1.807, 2.05) is 12.1 Å². The van der Waals surface area contributed by atoms with Crippen LogP contribution in [-0.2, 0) is 5.41 Å². The summed E-state index contributed by atoms with van der Waals surface area (Å²) in [5.74, 6) is 0. The zero-order valence-corrected chi connectivity index (χ0v) is 18.6. The van der Waals surface area contributed by atoms with Crippen LogP contribution in [0.3, 0.4) is 0 Å². The summed E-state index contributed by atoms with van der Waals surface area (Å²) in [5.41, 5.74) is 26.3. The van der Waals surface area contributed by atoms with E-state index in [2.05, 4.69) is 88.4 Å². The molecule has 0 aliphatic heterocycles.